The number of benzene rings is 1. The third-order valence-electron chi connectivity index (χ3n) is 4.04. The van der Waals surface area contributed by atoms with Crippen LogP contribution in [0, 0.1) is 13.8 Å². The van der Waals surface area contributed by atoms with Crippen LogP contribution in [0.1, 0.15) is 16.7 Å². The van der Waals surface area contributed by atoms with Crippen LogP contribution < -0.4 is 0 Å². The minimum Gasteiger partial charge on any atom is -0.390 e. The number of hydrogen-bond acceptors (Lipinski definition) is 4. The molecule has 1 aliphatic rings. The van der Waals surface area contributed by atoms with Crippen LogP contribution in [0.3, 0.4) is 0 Å². The quantitative estimate of drug-likeness (QED) is 0.860. The van der Waals surface area contributed by atoms with Gasteiger partial charge in [-0.15, -0.1) is 0 Å². The van der Waals surface area contributed by atoms with Crippen LogP contribution in [-0.4, -0.2) is 67.5 Å². The van der Waals surface area contributed by atoms with E-state index < -0.39 is 0 Å². The highest BCUT2D eigenvalue weighted by molar-refractivity contribution is 5.30. The van der Waals surface area contributed by atoms with Gasteiger partial charge in [-0.05, 0) is 32.0 Å². The zero-order chi connectivity index (χ0) is 15.2. The maximum Gasteiger partial charge on any atom is 0.0793 e. The van der Waals surface area contributed by atoms with Gasteiger partial charge in [-0.3, -0.25) is 9.80 Å². The fourth-order valence-corrected chi connectivity index (χ4v) is 2.83. The van der Waals surface area contributed by atoms with Crippen molar-refractivity contribution in [3.8, 4) is 0 Å². The summed E-state index contributed by atoms with van der Waals surface area (Å²) >= 11 is 0. The molecular weight excluding hydrogens is 264 g/mol. The van der Waals surface area contributed by atoms with Crippen LogP contribution in [0.25, 0.3) is 0 Å². The van der Waals surface area contributed by atoms with E-state index in [2.05, 4.69) is 48.9 Å². The van der Waals surface area contributed by atoms with Gasteiger partial charge < -0.3 is 9.84 Å². The molecule has 0 bridgehead atoms. The first kappa shape index (κ1) is 16.4. The van der Waals surface area contributed by atoms with Gasteiger partial charge in [-0.25, -0.2) is 0 Å². The van der Waals surface area contributed by atoms with Gasteiger partial charge in [0.1, 0.15) is 0 Å². The molecule has 2 rings (SSSR count). The van der Waals surface area contributed by atoms with Gasteiger partial charge in [-0.1, -0.05) is 23.8 Å². The summed E-state index contributed by atoms with van der Waals surface area (Å²) in [7, 11) is 2.07. The Morgan fingerprint density at radius 3 is 2.71 bits per heavy atom. The molecule has 0 amide bonds. The molecule has 1 heterocycles. The second-order valence-corrected chi connectivity index (χ2v) is 6.19. The molecule has 21 heavy (non-hydrogen) atoms. The van der Waals surface area contributed by atoms with Gasteiger partial charge in [-0.2, -0.15) is 0 Å². The smallest absolute Gasteiger partial charge is 0.0793 e. The minimum atomic E-state index is -0.307. The number of morpholine rings is 1. The molecule has 0 saturated carbocycles. The normalized spacial score (nSPS) is 18.1. The van der Waals surface area contributed by atoms with Gasteiger partial charge in [0, 0.05) is 32.7 Å². The van der Waals surface area contributed by atoms with Crippen molar-refractivity contribution < 1.29 is 9.84 Å². The molecule has 1 aliphatic heterocycles. The first-order chi connectivity index (χ1) is 10.0. The summed E-state index contributed by atoms with van der Waals surface area (Å²) < 4.78 is 5.33. The molecule has 1 unspecified atom stereocenters. The number of β-amino-alcohol motifs (C(OH)–C–C–N with tert-alkyl or cyclic N) is 1. The van der Waals surface area contributed by atoms with Crippen molar-refractivity contribution in [2.24, 2.45) is 0 Å². The Hall–Kier alpha value is -0.940. The Bertz CT molecular complexity index is 444. The SMILES string of the molecule is Cc1ccc(C)c(CN(C)CC(O)CN2CCOCC2)c1. The third-order valence-corrected chi connectivity index (χ3v) is 4.04. The van der Waals surface area contributed by atoms with E-state index in [9.17, 15) is 5.11 Å². The zero-order valence-corrected chi connectivity index (χ0v) is 13.5. The van der Waals surface area contributed by atoms with Crippen molar-refractivity contribution in [3.05, 3.63) is 34.9 Å². The van der Waals surface area contributed by atoms with E-state index >= 15 is 0 Å². The molecule has 4 nitrogen and oxygen atoms in total. The lowest BCUT2D eigenvalue weighted by Gasteiger charge is -2.30. The second kappa shape index (κ2) is 7.90. The number of aliphatic hydroxyl groups excluding tert-OH is 1. The molecule has 0 aromatic heterocycles. The second-order valence-electron chi connectivity index (χ2n) is 6.19. The lowest BCUT2D eigenvalue weighted by molar-refractivity contribution is 0.00824. The predicted octanol–water partition coefficient (Wildman–Crippen LogP) is 1.43. The molecule has 118 valence electrons. The molecular formula is C17H28N2O2. The van der Waals surface area contributed by atoms with E-state index in [1.54, 1.807) is 0 Å². The van der Waals surface area contributed by atoms with E-state index in [1.165, 1.54) is 16.7 Å². The van der Waals surface area contributed by atoms with E-state index in [-0.39, 0.29) is 6.10 Å². The number of likely N-dealkylation sites (N-methyl/N-ethyl adjacent to an activating group) is 1. The molecule has 1 fully saturated rings. The largest absolute Gasteiger partial charge is 0.390 e. The van der Waals surface area contributed by atoms with Crippen molar-refractivity contribution in [2.75, 3.05) is 46.4 Å². The molecule has 0 aliphatic carbocycles. The fourth-order valence-electron chi connectivity index (χ4n) is 2.83. The first-order valence-electron chi connectivity index (χ1n) is 7.77. The van der Waals surface area contributed by atoms with Crippen molar-refractivity contribution in [3.63, 3.8) is 0 Å². The van der Waals surface area contributed by atoms with Crippen LogP contribution in [0.4, 0.5) is 0 Å². The van der Waals surface area contributed by atoms with E-state index in [4.69, 9.17) is 4.74 Å². The highest BCUT2D eigenvalue weighted by Gasteiger charge is 2.16. The lowest BCUT2D eigenvalue weighted by Crippen LogP contribution is -2.44. The molecule has 1 N–H and O–H groups in total. The standard InChI is InChI=1S/C17H28N2O2/c1-14-4-5-15(2)16(10-14)11-18(3)12-17(20)13-19-6-8-21-9-7-19/h4-5,10,17,20H,6-9,11-13H2,1-3H3. The maximum absolute atomic E-state index is 10.2. The zero-order valence-electron chi connectivity index (χ0n) is 13.5. The van der Waals surface area contributed by atoms with Crippen molar-refractivity contribution in [2.45, 2.75) is 26.5 Å². The molecule has 1 aromatic rings. The lowest BCUT2D eigenvalue weighted by atomic mass is 10.1. The number of ether oxygens (including phenoxy) is 1. The number of rotatable bonds is 6. The van der Waals surface area contributed by atoms with Crippen LogP contribution in [0.5, 0.6) is 0 Å². The summed E-state index contributed by atoms with van der Waals surface area (Å²) in [6.07, 6.45) is -0.307. The summed E-state index contributed by atoms with van der Waals surface area (Å²) in [6, 6.07) is 6.55. The predicted molar refractivity (Wildman–Crippen MR) is 85.5 cm³/mol. The third kappa shape index (κ3) is 5.40. The van der Waals surface area contributed by atoms with Gasteiger partial charge >= 0.3 is 0 Å². The Morgan fingerprint density at radius 1 is 1.29 bits per heavy atom. The number of aliphatic hydroxyl groups is 1. The summed E-state index contributed by atoms with van der Waals surface area (Å²) in [5, 5.41) is 10.2. The first-order valence-corrected chi connectivity index (χ1v) is 7.77. The van der Waals surface area contributed by atoms with Gasteiger partial charge in [0.05, 0.1) is 19.3 Å². The van der Waals surface area contributed by atoms with Crippen LogP contribution in [-0.2, 0) is 11.3 Å². The van der Waals surface area contributed by atoms with Gasteiger partial charge in [0.2, 0.25) is 0 Å². The summed E-state index contributed by atoms with van der Waals surface area (Å²) in [5.74, 6) is 0. The Balaban J connectivity index is 1.80. The van der Waals surface area contributed by atoms with Crippen molar-refractivity contribution in [1.29, 1.82) is 0 Å². The maximum atomic E-state index is 10.2. The van der Waals surface area contributed by atoms with Crippen LogP contribution in [0.15, 0.2) is 18.2 Å². The topological polar surface area (TPSA) is 35.9 Å². The summed E-state index contributed by atoms with van der Waals surface area (Å²) in [4.78, 5) is 4.48. The van der Waals surface area contributed by atoms with Gasteiger partial charge in [0.25, 0.3) is 0 Å². The molecule has 4 heteroatoms. The molecule has 1 aromatic carbocycles. The number of nitrogens with zero attached hydrogens (tertiary/aromatic N) is 2. The average Bonchev–Trinajstić information content (AvgIpc) is 2.43. The minimum absolute atomic E-state index is 0.307. The van der Waals surface area contributed by atoms with Crippen molar-refractivity contribution in [1.82, 2.24) is 9.80 Å². The highest BCUT2D eigenvalue weighted by atomic mass is 16.5. The Morgan fingerprint density at radius 2 is 2.00 bits per heavy atom. The monoisotopic (exact) mass is 292 g/mol. The van der Waals surface area contributed by atoms with E-state index in [1.807, 2.05) is 0 Å². The fraction of sp³-hybridized carbons (Fsp3) is 0.647. The Labute approximate surface area is 128 Å². The molecule has 0 radical (unpaired) electrons. The number of hydrogen-bond donors (Lipinski definition) is 1. The highest BCUT2D eigenvalue weighted by Crippen LogP contribution is 2.13. The molecule has 1 atom stereocenters. The van der Waals surface area contributed by atoms with Crippen LogP contribution in [0.2, 0.25) is 0 Å². The average molecular weight is 292 g/mol. The number of aryl methyl sites for hydroxylation is 2. The van der Waals surface area contributed by atoms with E-state index in [0.717, 1.165) is 39.4 Å². The Kier molecular flexibility index (Phi) is 6.18. The molecule has 0 spiro atoms. The van der Waals surface area contributed by atoms with E-state index in [0.29, 0.717) is 6.54 Å². The van der Waals surface area contributed by atoms with Crippen LogP contribution >= 0.6 is 0 Å². The molecule has 1 saturated heterocycles. The van der Waals surface area contributed by atoms with Gasteiger partial charge in [0.15, 0.2) is 0 Å². The summed E-state index contributed by atoms with van der Waals surface area (Å²) in [6.45, 7) is 10.0. The summed E-state index contributed by atoms with van der Waals surface area (Å²) in [5.41, 5.74) is 3.95. The van der Waals surface area contributed by atoms with Crippen molar-refractivity contribution >= 4 is 0 Å².